The number of aromatic nitrogens is 2. The lowest BCUT2D eigenvalue weighted by Crippen LogP contribution is -2.00. The van der Waals surface area contributed by atoms with Crippen molar-refractivity contribution in [1.29, 1.82) is 0 Å². The molecule has 0 saturated carbocycles. The van der Waals surface area contributed by atoms with E-state index in [0.29, 0.717) is 0 Å². The van der Waals surface area contributed by atoms with Crippen LogP contribution in [0.3, 0.4) is 0 Å². The van der Waals surface area contributed by atoms with Crippen LogP contribution in [0.1, 0.15) is 36.7 Å². The van der Waals surface area contributed by atoms with Crippen molar-refractivity contribution >= 4 is 23.1 Å². The predicted molar refractivity (Wildman–Crippen MR) is 115 cm³/mol. The third-order valence-electron chi connectivity index (χ3n) is 4.57. The minimum atomic E-state index is 0.822. The summed E-state index contributed by atoms with van der Waals surface area (Å²) in [6.07, 6.45) is 9.12. The normalized spacial score (nSPS) is 10.4. The number of rotatable bonds is 8. The minimum absolute atomic E-state index is 0.822. The Balaban J connectivity index is 1.71. The first kappa shape index (κ1) is 19.1. The van der Waals surface area contributed by atoms with E-state index in [2.05, 4.69) is 75.7 Å². The highest BCUT2D eigenvalue weighted by molar-refractivity contribution is 7.78. The van der Waals surface area contributed by atoms with Crippen LogP contribution in [0.4, 0.5) is 5.69 Å². The van der Waals surface area contributed by atoms with E-state index in [1.165, 1.54) is 35.1 Å². The molecule has 0 aliphatic carbocycles. The first-order valence-corrected chi connectivity index (χ1v) is 9.77. The number of isothiocyanates is 1. The lowest BCUT2D eigenvalue weighted by Gasteiger charge is -2.10. The fraction of sp³-hybridized carbons (Fsp3) is 0.261. The molecule has 0 aliphatic rings. The molecule has 0 aliphatic heterocycles. The van der Waals surface area contributed by atoms with Crippen molar-refractivity contribution in [3.8, 4) is 11.1 Å². The molecule has 0 spiro atoms. The van der Waals surface area contributed by atoms with E-state index in [1.54, 1.807) is 0 Å². The van der Waals surface area contributed by atoms with Gasteiger partial charge in [0.1, 0.15) is 5.82 Å². The first-order chi connectivity index (χ1) is 13.3. The molecule has 4 heteroatoms. The lowest BCUT2D eigenvalue weighted by molar-refractivity contribution is 0.777. The van der Waals surface area contributed by atoms with Crippen molar-refractivity contribution < 1.29 is 0 Å². The van der Waals surface area contributed by atoms with Crippen LogP contribution >= 0.6 is 12.2 Å². The molecule has 2 aromatic carbocycles. The SMILES string of the molecule is CCCCc1cnc(CCc2ccccc2-c2ccc(N=C=S)cc2)nc1. The van der Waals surface area contributed by atoms with E-state index < -0.39 is 0 Å². The Labute approximate surface area is 166 Å². The Morgan fingerprint density at radius 1 is 0.926 bits per heavy atom. The second-order valence-electron chi connectivity index (χ2n) is 6.52. The lowest BCUT2D eigenvalue weighted by atomic mass is 9.96. The molecule has 136 valence electrons. The van der Waals surface area contributed by atoms with Crippen LogP contribution in [0.15, 0.2) is 65.9 Å². The van der Waals surface area contributed by atoms with Gasteiger partial charge in [0.05, 0.1) is 10.8 Å². The number of nitrogens with zero attached hydrogens (tertiary/aromatic N) is 3. The summed E-state index contributed by atoms with van der Waals surface area (Å²) in [6, 6.07) is 16.6. The van der Waals surface area contributed by atoms with Gasteiger partial charge >= 0.3 is 0 Å². The van der Waals surface area contributed by atoms with Gasteiger partial charge in [0.15, 0.2) is 0 Å². The average molecular weight is 374 g/mol. The third-order valence-corrected chi connectivity index (χ3v) is 4.66. The molecule has 3 rings (SSSR count). The summed E-state index contributed by atoms with van der Waals surface area (Å²) in [4.78, 5) is 13.1. The average Bonchev–Trinajstić information content (AvgIpc) is 2.72. The van der Waals surface area contributed by atoms with Gasteiger partial charge < -0.3 is 0 Å². The molecular formula is C23H23N3S. The van der Waals surface area contributed by atoms with Gasteiger partial charge in [-0.15, -0.1) is 0 Å². The number of hydrogen-bond acceptors (Lipinski definition) is 4. The minimum Gasteiger partial charge on any atom is -0.241 e. The molecule has 1 aromatic heterocycles. The number of aliphatic imine (C=N–C) groups is 1. The van der Waals surface area contributed by atoms with Gasteiger partial charge in [-0.25, -0.2) is 9.97 Å². The Kier molecular flexibility index (Phi) is 6.97. The van der Waals surface area contributed by atoms with Crippen LogP contribution in [-0.4, -0.2) is 15.1 Å². The van der Waals surface area contributed by atoms with Crippen molar-refractivity contribution in [2.24, 2.45) is 4.99 Å². The molecule has 0 amide bonds. The zero-order valence-electron chi connectivity index (χ0n) is 15.6. The van der Waals surface area contributed by atoms with E-state index in [0.717, 1.165) is 30.8 Å². The maximum absolute atomic E-state index is 4.66. The summed E-state index contributed by atoms with van der Waals surface area (Å²) in [5.74, 6) is 0.899. The van der Waals surface area contributed by atoms with Crippen LogP contribution in [0.2, 0.25) is 0 Å². The highest BCUT2D eigenvalue weighted by atomic mass is 32.1. The quantitative estimate of drug-likeness (QED) is 0.359. The van der Waals surface area contributed by atoms with Crippen molar-refractivity contribution in [1.82, 2.24) is 9.97 Å². The van der Waals surface area contributed by atoms with Gasteiger partial charge in [-0.1, -0.05) is 49.7 Å². The van der Waals surface area contributed by atoms with Crippen LogP contribution < -0.4 is 0 Å². The molecule has 0 saturated heterocycles. The van der Waals surface area contributed by atoms with Crippen LogP contribution in [0.5, 0.6) is 0 Å². The van der Waals surface area contributed by atoms with E-state index in [-0.39, 0.29) is 0 Å². The summed E-state index contributed by atoms with van der Waals surface area (Å²) in [5.41, 5.74) is 5.74. The third kappa shape index (κ3) is 5.40. The van der Waals surface area contributed by atoms with E-state index in [9.17, 15) is 0 Å². The van der Waals surface area contributed by atoms with Crippen LogP contribution in [0, 0.1) is 0 Å². The van der Waals surface area contributed by atoms with Crippen LogP contribution in [-0.2, 0) is 19.3 Å². The van der Waals surface area contributed by atoms with E-state index >= 15 is 0 Å². The Morgan fingerprint density at radius 3 is 2.37 bits per heavy atom. The van der Waals surface area contributed by atoms with Crippen molar-refractivity contribution in [2.75, 3.05) is 0 Å². The highest BCUT2D eigenvalue weighted by Gasteiger charge is 2.06. The summed E-state index contributed by atoms with van der Waals surface area (Å²) < 4.78 is 0. The molecule has 3 aromatic rings. The maximum Gasteiger partial charge on any atom is 0.128 e. The Bertz CT molecular complexity index is 911. The van der Waals surface area contributed by atoms with Gasteiger partial charge in [-0.3, -0.25) is 0 Å². The molecule has 0 N–H and O–H groups in total. The summed E-state index contributed by atoms with van der Waals surface area (Å²) in [5, 5.41) is 2.40. The second kappa shape index (κ2) is 9.86. The summed E-state index contributed by atoms with van der Waals surface area (Å²) in [6.45, 7) is 2.20. The molecule has 0 atom stereocenters. The van der Waals surface area contributed by atoms with Gasteiger partial charge in [0.25, 0.3) is 0 Å². The van der Waals surface area contributed by atoms with E-state index in [4.69, 9.17) is 0 Å². The topological polar surface area (TPSA) is 38.1 Å². The smallest absolute Gasteiger partial charge is 0.128 e. The van der Waals surface area contributed by atoms with Crippen LogP contribution in [0.25, 0.3) is 11.1 Å². The number of benzene rings is 2. The molecule has 27 heavy (non-hydrogen) atoms. The number of hydrogen-bond donors (Lipinski definition) is 0. The maximum atomic E-state index is 4.66. The van der Waals surface area contributed by atoms with Gasteiger partial charge in [-0.2, -0.15) is 4.99 Å². The summed E-state index contributed by atoms with van der Waals surface area (Å²) in [7, 11) is 0. The fourth-order valence-electron chi connectivity index (χ4n) is 3.06. The monoisotopic (exact) mass is 373 g/mol. The van der Waals surface area contributed by atoms with Gasteiger partial charge in [-0.05, 0) is 65.9 Å². The predicted octanol–water partition coefficient (Wildman–Crippen LogP) is 6.01. The fourth-order valence-corrected chi connectivity index (χ4v) is 3.16. The standard InChI is InChI=1S/C23H23N3S/c1-2-3-6-18-15-24-23(25-16-18)14-11-19-7-4-5-8-22(19)20-9-12-21(13-10-20)26-17-27/h4-5,7-10,12-13,15-16H,2-3,6,11,14H2,1H3. The van der Waals surface area contributed by atoms with Crippen molar-refractivity contribution in [3.63, 3.8) is 0 Å². The van der Waals surface area contributed by atoms with Gasteiger partial charge in [0, 0.05) is 18.8 Å². The number of thiocarbonyl (C=S) groups is 1. The van der Waals surface area contributed by atoms with E-state index in [1.807, 2.05) is 24.5 Å². The molecule has 3 nitrogen and oxygen atoms in total. The van der Waals surface area contributed by atoms with Gasteiger partial charge in [0.2, 0.25) is 0 Å². The molecule has 0 bridgehead atoms. The molecule has 0 unspecified atom stereocenters. The Morgan fingerprint density at radius 2 is 1.67 bits per heavy atom. The Hall–Kier alpha value is -2.68. The molecule has 0 fully saturated rings. The highest BCUT2D eigenvalue weighted by Crippen LogP contribution is 2.26. The molecular weight excluding hydrogens is 350 g/mol. The van der Waals surface area contributed by atoms with Crippen molar-refractivity contribution in [3.05, 3.63) is 77.9 Å². The second-order valence-corrected chi connectivity index (χ2v) is 6.70. The largest absolute Gasteiger partial charge is 0.241 e. The van der Waals surface area contributed by atoms with Crippen molar-refractivity contribution in [2.45, 2.75) is 39.0 Å². The zero-order chi connectivity index (χ0) is 18.9. The zero-order valence-corrected chi connectivity index (χ0v) is 16.4. The number of aryl methyl sites for hydroxylation is 3. The number of unbranched alkanes of at least 4 members (excludes halogenated alkanes) is 1. The molecule has 0 radical (unpaired) electrons. The summed E-state index contributed by atoms with van der Waals surface area (Å²) >= 11 is 4.66. The molecule has 1 heterocycles. The first-order valence-electron chi connectivity index (χ1n) is 9.36.